The number of rotatable bonds is 7. The lowest BCUT2D eigenvalue weighted by molar-refractivity contribution is 0.410. The summed E-state index contributed by atoms with van der Waals surface area (Å²) in [5.41, 5.74) is 1.31. The number of hydrogen-bond donors (Lipinski definition) is 2. The van der Waals surface area contributed by atoms with E-state index in [1.807, 2.05) is 31.2 Å². The van der Waals surface area contributed by atoms with Crippen LogP contribution in [0.3, 0.4) is 0 Å². The average Bonchev–Trinajstić information content (AvgIpc) is 2.62. The van der Waals surface area contributed by atoms with E-state index in [2.05, 4.69) is 15.6 Å². The van der Waals surface area contributed by atoms with Gasteiger partial charge in [0.2, 0.25) is 0 Å². The van der Waals surface area contributed by atoms with Crippen molar-refractivity contribution < 1.29 is 13.5 Å². The second-order valence-electron chi connectivity index (χ2n) is 5.42. The molecule has 0 spiro atoms. The molecule has 0 aliphatic heterocycles. The highest BCUT2D eigenvalue weighted by Crippen LogP contribution is 2.17. The van der Waals surface area contributed by atoms with Crippen molar-refractivity contribution in [2.75, 3.05) is 20.2 Å². The Bertz CT molecular complexity index is 726. The van der Waals surface area contributed by atoms with Crippen molar-refractivity contribution in [2.24, 2.45) is 4.99 Å². The molecule has 2 aromatic carbocycles. The molecule has 0 unspecified atom stereocenters. The number of methoxy groups -OCH3 is 1. The number of para-hydroxylation sites is 1. The normalized spacial score (nSPS) is 10.8. The van der Waals surface area contributed by atoms with Crippen LogP contribution in [0.2, 0.25) is 0 Å². The van der Waals surface area contributed by atoms with Gasteiger partial charge in [-0.15, -0.1) is 24.0 Å². The Morgan fingerprint density at radius 3 is 2.58 bits per heavy atom. The van der Waals surface area contributed by atoms with Crippen LogP contribution in [0.1, 0.15) is 18.1 Å². The largest absolute Gasteiger partial charge is 0.496 e. The summed E-state index contributed by atoms with van der Waals surface area (Å²) in [5.74, 6) is 0.557. The van der Waals surface area contributed by atoms with Gasteiger partial charge in [-0.05, 0) is 43.2 Å². The van der Waals surface area contributed by atoms with E-state index in [-0.39, 0.29) is 24.0 Å². The highest BCUT2D eigenvalue weighted by molar-refractivity contribution is 14.0. The van der Waals surface area contributed by atoms with E-state index in [1.54, 1.807) is 7.11 Å². The standard InChI is InChI=1S/C19H23F2N3O.HI/c1-3-22-19(24-13-15-6-4-5-7-18(15)25-2)23-11-10-14-12-16(20)8-9-17(14)21;/h4-9,12H,3,10-11,13H2,1-2H3,(H2,22,23,24);1H. The Morgan fingerprint density at radius 1 is 1.08 bits per heavy atom. The number of guanidine groups is 1. The molecule has 0 amide bonds. The number of aliphatic imine (C=N–C) groups is 1. The van der Waals surface area contributed by atoms with Crippen LogP contribution in [0.15, 0.2) is 47.5 Å². The van der Waals surface area contributed by atoms with Gasteiger partial charge in [0.05, 0.1) is 13.7 Å². The Balaban J connectivity index is 0.00000338. The first kappa shape index (κ1) is 22.1. The van der Waals surface area contributed by atoms with Gasteiger partial charge in [-0.1, -0.05) is 18.2 Å². The number of nitrogens with zero attached hydrogens (tertiary/aromatic N) is 1. The van der Waals surface area contributed by atoms with Gasteiger partial charge in [-0.2, -0.15) is 0 Å². The topological polar surface area (TPSA) is 45.7 Å². The van der Waals surface area contributed by atoms with Crippen molar-refractivity contribution in [2.45, 2.75) is 19.9 Å². The van der Waals surface area contributed by atoms with Crippen LogP contribution in [-0.2, 0) is 13.0 Å². The van der Waals surface area contributed by atoms with Crippen LogP contribution in [0.4, 0.5) is 8.78 Å². The van der Waals surface area contributed by atoms with Gasteiger partial charge in [0.25, 0.3) is 0 Å². The second-order valence-corrected chi connectivity index (χ2v) is 5.42. The summed E-state index contributed by atoms with van der Waals surface area (Å²) in [7, 11) is 1.62. The number of nitrogens with one attached hydrogen (secondary N) is 2. The van der Waals surface area contributed by atoms with Crippen LogP contribution in [0, 0.1) is 11.6 Å². The molecule has 2 N–H and O–H groups in total. The van der Waals surface area contributed by atoms with Crippen molar-refractivity contribution in [3.8, 4) is 5.75 Å². The zero-order chi connectivity index (χ0) is 18.1. The summed E-state index contributed by atoms with van der Waals surface area (Å²) < 4.78 is 32.2. The number of halogens is 3. The molecule has 0 bridgehead atoms. The SMILES string of the molecule is CCNC(=NCc1ccccc1OC)NCCc1cc(F)ccc1F.I. The first-order chi connectivity index (χ1) is 12.1. The Morgan fingerprint density at radius 2 is 1.85 bits per heavy atom. The molecule has 0 saturated carbocycles. The van der Waals surface area contributed by atoms with E-state index >= 15 is 0 Å². The van der Waals surface area contributed by atoms with E-state index in [1.165, 1.54) is 6.07 Å². The monoisotopic (exact) mass is 475 g/mol. The van der Waals surface area contributed by atoms with Gasteiger partial charge in [0, 0.05) is 18.7 Å². The lowest BCUT2D eigenvalue weighted by atomic mass is 10.1. The predicted octanol–water partition coefficient (Wildman–Crippen LogP) is 3.89. The summed E-state index contributed by atoms with van der Waals surface area (Å²) in [5, 5.41) is 6.27. The molecule has 0 saturated heterocycles. The molecule has 2 rings (SSSR count). The first-order valence-corrected chi connectivity index (χ1v) is 8.22. The maximum atomic E-state index is 13.6. The minimum Gasteiger partial charge on any atom is -0.496 e. The molecule has 4 nitrogen and oxygen atoms in total. The number of hydrogen-bond acceptors (Lipinski definition) is 2. The van der Waals surface area contributed by atoms with Crippen LogP contribution in [-0.4, -0.2) is 26.2 Å². The molecule has 142 valence electrons. The molecular weight excluding hydrogens is 451 g/mol. The molecule has 0 radical (unpaired) electrons. The molecule has 0 atom stereocenters. The van der Waals surface area contributed by atoms with E-state index in [9.17, 15) is 8.78 Å². The van der Waals surface area contributed by atoms with E-state index in [0.717, 1.165) is 23.4 Å². The summed E-state index contributed by atoms with van der Waals surface area (Å²) in [4.78, 5) is 4.51. The third-order valence-corrected chi connectivity index (χ3v) is 3.64. The van der Waals surface area contributed by atoms with Gasteiger partial charge in [0.15, 0.2) is 5.96 Å². The molecule has 0 aromatic heterocycles. The molecule has 0 aliphatic carbocycles. The molecule has 0 heterocycles. The molecule has 26 heavy (non-hydrogen) atoms. The first-order valence-electron chi connectivity index (χ1n) is 8.22. The molecule has 0 aliphatic rings. The van der Waals surface area contributed by atoms with Crippen LogP contribution in [0.5, 0.6) is 5.75 Å². The third-order valence-electron chi connectivity index (χ3n) is 3.64. The Hall–Kier alpha value is -1.90. The highest BCUT2D eigenvalue weighted by Gasteiger charge is 2.05. The maximum absolute atomic E-state index is 13.6. The Kier molecular flexibility index (Phi) is 9.93. The van der Waals surface area contributed by atoms with E-state index in [4.69, 9.17) is 4.74 Å². The fraction of sp³-hybridized carbons (Fsp3) is 0.316. The summed E-state index contributed by atoms with van der Waals surface area (Å²) in [6.45, 7) is 3.56. The number of benzene rings is 2. The van der Waals surface area contributed by atoms with Crippen LogP contribution < -0.4 is 15.4 Å². The Labute approximate surface area is 170 Å². The molecular formula is C19H24F2IN3O. The third kappa shape index (κ3) is 6.78. The van der Waals surface area contributed by atoms with Crippen molar-refractivity contribution in [1.82, 2.24) is 10.6 Å². The minimum atomic E-state index is -0.437. The zero-order valence-electron chi connectivity index (χ0n) is 14.9. The van der Waals surface area contributed by atoms with Crippen molar-refractivity contribution >= 4 is 29.9 Å². The smallest absolute Gasteiger partial charge is 0.191 e. The predicted molar refractivity (Wildman–Crippen MR) is 111 cm³/mol. The van der Waals surface area contributed by atoms with E-state index < -0.39 is 11.6 Å². The molecule has 0 fully saturated rings. The quantitative estimate of drug-likeness (QED) is 0.363. The molecule has 7 heteroatoms. The van der Waals surface area contributed by atoms with Crippen LogP contribution in [0.25, 0.3) is 0 Å². The van der Waals surface area contributed by atoms with Gasteiger partial charge in [0.1, 0.15) is 17.4 Å². The van der Waals surface area contributed by atoms with Crippen molar-refractivity contribution in [3.05, 3.63) is 65.2 Å². The van der Waals surface area contributed by atoms with Crippen molar-refractivity contribution in [1.29, 1.82) is 0 Å². The number of ether oxygens (including phenoxy) is 1. The van der Waals surface area contributed by atoms with Gasteiger partial charge in [-0.3, -0.25) is 0 Å². The van der Waals surface area contributed by atoms with Gasteiger partial charge >= 0.3 is 0 Å². The summed E-state index contributed by atoms with van der Waals surface area (Å²) in [6.07, 6.45) is 0.364. The summed E-state index contributed by atoms with van der Waals surface area (Å²) >= 11 is 0. The zero-order valence-corrected chi connectivity index (χ0v) is 17.2. The van der Waals surface area contributed by atoms with E-state index in [0.29, 0.717) is 37.6 Å². The van der Waals surface area contributed by atoms with Gasteiger partial charge < -0.3 is 15.4 Å². The van der Waals surface area contributed by atoms with Crippen molar-refractivity contribution in [3.63, 3.8) is 0 Å². The molecule has 2 aromatic rings. The highest BCUT2D eigenvalue weighted by atomic mass is 127. The maximum Gasteiger partial charge on any atom is 0.191 e. The summed E-state index contributed by atoms with van der Waals surface area (Å²) in [6, 6.07) is 11.2. The fourth-order valence-electron chi connectivity index (χ4n) is 2.39. The van der Waals surface area contributed by atoms with Crippen LogP contribution >= 0.6 is 24.0 Å². The minimum absolute atomic E-state index is 0. The van der Waals surface area contributed by atoms with Gasteiger partial charge in [-0.25, -0.2) is 13.8 Å². The lowest BCUT2D eigenvalue weighted by Crippen LogP contribution is -2.38. The second kappa shape index (κ2) is 11.7. The lowest BCUT2D eigenvalue weighted by Gasteiger charge is -2.12. The average molecular weight is 475 g/mol. The fourth-order valence-corrected chi connectivity index (χ4v) is 2.39.